The normalized spacial score (nSPS) is 10.7. The fraction of sp³-hybridized carbons (Fsp3) is 0.263. The second-order valence-electron chi connectivity index (χ2n) is 5.73. The van der Waals surface area contributed by atoms with Crippen molar-refractivity contribution in [3.63, 3.8) is 0 Å². The van der Waals surface area contributed by atoms with Crippen LogP contribution in [0.5, 0.6) is 11.5 Å². The summed E-state index contributed by atoms with van der Waals surface area (Å²) in [5.41, 5.74) is 2.69. The molecule has 0 aliphatic carbocycles. The minimum Gasteiger partial charge on any atom is -0.493 e. The van der Waals surface area contributed by atoms with E-state index in [1.54, 1.807) is 26.5 Å². The first-order valence-corrected chi connectivity index (χ1v) is 8.30. The summed E-state index contributed by atoms with van der Waals surface area (Å²) in [5, 5.41) is 6.33. The lowest BCUT2D eigenvalue weighted by Gasteiger charge is -2.11. The number of benzene rings is 1. The SMILES string of the molecule is CNCCNc1ccc2nc(-c3ccc(OC)c(OC)c3)cc(=O)n2c1. The van der Waals surface area contributed by atoms with Gasteiger partial charge in [-0.1, -0.05) is 0 Å². The molecule has 3 rings (SSSR count). The second-order valence-corrected chi connectivity index (χ2v) is 5.73. The molecule has 0 bridgehead atoms. The quantitative estimate of drug-likeness (QED) is 0.632. The molecule has 0 saturated heterocycles. The maximum absolute atomic E-state index is 12.6. The maximum Gasteiger partial charge on any atom is 0.258 e. The van der Waals surface area contributed by atoms with Crippen LogP contribution in [0.25, 0.3) is 16.9 Å². The molecule has 0 unspecified atom stereocenters. The molecule has 2 N–H and O–H groups in total. The molecular formula is C19H22N4O3. The number of pyridine rings is 1. The summed E-state index contributed by atoms with van der Waals surface area (Å²) in [6.45, 7) is 1.61. The first kappa shape index (κ1) is 17.8. The number of fused-ring (bicyclic) bond motifs is 1. The lowest BCUT2D eigenvalue weighted by Crippen LogP contribution is -2.19. The van der Waals surface area contributed by atoms with Gasteiger partial charge < -0.3 is 20.1 Å². The van der Waals surface area contributed by atoms with E-state index in [0.29, 0.717) is 22.8 Å². The molecule has 2 aromatic heterocycles. The molecule has 3 aromatic rings. The lowest BCUT2D eigenvalue weighted by atomic mass is 10.1. The summed E-state index contributed by atoms with van der Waals surface area (Å²) in [5.74, 6) is 1.22. The molecule has 0 saturated carbocycles. The van der Waals surface area contributed by atoms with Crippen LogP contribution in [0.4, 0.5) is 5.69 Å². The van der Waals surface area contributed by atoms with Crippen molar-refractivity contribution in [3.8, 4) is 22.8 Å². The van der Waals surface area contributed by atoms with Crippen molar-refractivity contribution in [1.82, 2.24) is 14.7 Å². The van der Waals surface area contributed by atoms with Gasteiger partial charge in [-0.05, 0) is 37.4 Å². The van der Waals surface area contributed by atoms with Crippen LogP contribution in [0, 0.1) is 0 Å². The Hall–Kier alpha value is -3.06. The predicted octanol–water partition coefficient (Wildman–Crippen LogP) is 2.01. The highest BCUT2D eigenvalue weighted by Crippen LogP contribution is 2.31. The van der Waals surface area contributed by atoms with Gasteiger partial charge >= 0.3 is 0 Å². The molecule has 0 spiro atoms. The third kappa shape index (κ3) is 3.62. The van der Waals surface area contributed by atoms with Crippen molar-refractivity contribution in [1.29, 1.82) is 0 Å². The van der Waals surface area contributed by atoms with Gasteiger partial charge in [-0.25, -0.2) is 4.98 Å². The monoisotopic (exact) mass is 354 g/mol. The Labute approximate surface area is 151 Å². The molecule has 7 heteroatoms. The van der Waals surface area contributed by atoms with E-state index in [2.05, 4.69) is 15.6 Å². The van der Waals surface area contributed by atoms with Gasteiger partial charge in [-0.2, -0.15) is 0 Å². The Kier molecular flexibility index (Phi) is 5.38. The summed E-state index contributed by atoms with van der Waals surface area (Å²) in [6.07, 6.45) is 1.76. The molecule has 7 nitrogen and oxygen atoms in total. The van der Waals surface area contributed by atoms with Gasteiger partial charge in [0.25, 0.3) is 5.56 Å². The van der Waals surface area contributed by atoms with Crippen molar-refractivity contribution < 1.29 is 9.47 Å². The van der Waals surface area contributed by atoms with Crippen molar-refractivity contribution in [2.75, 3.05) is 39.7 Å². The van der Waals surface area contributed by atoms with Crippen LogP contribution in [-0.2, 0) is 0 Å². The van der Waals surface area contributed by atoms with Gasteiger partial charge in [0.15, 0.2) is 11.5 Å². The Balaban J connectivity index is 1.99. The first-order chi connectivity index (χ1) is 12.7. The summed E-state index contributed by atoms with van der Waals surface area (Å²) in [4.78, 5) is 17.2. The van der Waals surface area contributed by atoms with E-state index in [1.165, 1.54) is 10.5 Å². The third-order valence-corrected chi connectivity index (χ3v) is 4.04. The number of rotatable bonds is 7. The topological polar surface area (TPSA) is 76.9 Å². The van der Waals surface area contributed by atoms with E-state index in [4.69, 9.17) is 9.47 Å². The largest absolute Gasteiger partial charge is 0.493 e. The highest BCUT2D eigenvalue weighted by atomic mass is 16.5. The van der Waals surface area contributed by atoms with E-state index in [0.717, 1.165) is 24.3 Å². The molecular weight excluding hydrogens is 332 g/mol. The number of nitrogens with zero attached hydrogens (tertiary/aromatic N) is 2. The van der Waals surface area contributed by atoms with Gasteiger partial charge in [0.1, 0.15) is 5.65 Å². The highest BCUT2D eigenvalue weighted by Gasteiger charge is 2.10. The van der Waals surface area contributed by atoms with E-state index >= 15 is 0 Å². The minimum atomic E-state index is -0.142. The molecule has 0 amide bonds. The van der Waals surface area contributed by atoms with E-state index in [9.17, 15) is 4.79 Å². The first-order valence-electron chi connectivity index (χ1n) is 8.30. The summed E-state index contributed by atoms with van der Waals surface area (Å²) in [7, 11) is 5.06. The number of aromatic nitrogens is 2. The number of ether oxygens (including phenoxy) is 2. The smallest absolute Gasteiger partial charge is 0.258 e. The Morgan fingerprint density at radius 3 is 2.58 bits per heavy atom. The Morgan fingerprint density at radius 2 is 1.85 bits per heavy atom. The fourth-order valence-corrected chi connectivity index (χ4v) is 2.68. The Bertz CT molecular complexity index is 969. The molecule has 0 radical (unpaired) electrons. The van der Waals surface area contributed by atoms with Gasteiger partial charge in [0, 0.05) is 30.9 Å². The standard InChI is InChI=1S/C19H22N4O3/c1-20-8-9-21-14-5-7-18-22-15(11-19(24)23(18)12-14)13-4-6-16(25-2)17(10-13)26-3/h4-7,10-12,20-21H,8-9H2,1-3H3. The van der Waals surface area contributed by atoms with Crippen molar-refractivity contribution in [2.24, 2.45) is 0 Å². The van der Waals surface area contributed by atoms with E-state index in [-0.39, 0.29) is 5.56 Å². The average molecular weight is 354 g/mol. The van der Waals surface area contributed by atoms with Gasteiger partial charge in [0.2, 0.25) is 0 Å². The molecule has 0 aliphatic heterocycles. The van der Waals surface area contributed by atoms with Gasteiger partial charge in [-0.3, -0.25) is 9.20 Å². The van der Waals surface area contributed by atoms with Gasteiger partial charge in [-0.15, -0.1) is 0 Å². The average Bonchev–Trinajstić information content (AvgIpc) is 2.67. The van der Waals surface area contributed by atoms with Crippen molar-refractivity contribution in [2.45, 2.75) is 0 Å². The van der Waals surface area contributed by atoms with Crippen molar-refractivity contribution >= 4 is 11.3 Å². The Morgan fingerprint density at radius 1 is 1.04 bits per heavy atom. The number of methoxy groups -OCH3 is 2. The molecule has 0 atom stereocenters. The van der Waals surface area contributed by atoms with Crippen LogP contribution in [0.15, 0.2) is 47.4 Å². The zero-order valence-electron chi connectivity index (χ0n) is 15.1. The number of hydrogen-bond donors (Lipinski definition) is 2. The molecule has 136 valence electrons. The molecule has 26 heavy (non-hydrogen) atoms. The molecule has 2 heterocycles. The molecule has 0 aliphatic rings. The van der Waals surface area contributed by atoms with Crippen LogP contribution in [-0.4, -0.2) is 43.7 Å². The number of hydrogen-bond acceptors (Lipinski definition) is 6. The fourth-order valence-electron chi connectivity index (χ4n) is 2.68. The number of likely N-dealkylation sites (N-methyl/N-ethyl adjacent to an activating group) is 1. The summed E-state index contributed by atoms with van der Waals surface area (Å²) in [6, 6.07) is 10.7. The van der Waals surface area contributed by atoms with Crippen molar-refractivity contribution in [3.05, 3.63) is 52.9 Å². The molecule has 1 aromatic carbocycles. The van der Waals surface area contributed by atoms with Crippen LogP contribution in [0.2, 0.25) is 0 Å². The maximum atomic E-state index is 12.6. The van der Waals surface area contributed by atoms with Crippen LogP contribution >= 0.6 is 0 Å². The summed E-state index contributed by atoms with van der Waals surface area (Å²) < 4.78 is 12.1. The third-order valence-electron chi connectivity index (χ3n) is 4.04. The zero-order chi connectivity index (χ0) is 18.5. The molecule has 0 fully saturated rings. The van der Waals surface area contributed by atoms with E-state index < -0.39 is 0 Å². The highest BCUT2D eigenvalue weighted by molar-refractivity contribution is 5.66. The van der Waals surface area contributed by atoms with Crippen LogP contribution in [0.3, 0.4) is 0 Å². The predicted molar refractivity (Wildman–Crippen MR) is 102 cm³/mol. The minimum absolute atomic E-state index is 0.142. The number of anilines is 1. The van der Waals surface area contributed by atoms with Crippen LogP contribution in [0.1, 0.15) is 0 Å². The number of nitrogens with one attached hydrogen (secondary N) is 2. The van der Waals surface area contributed by atoms with E-state index in [1.807, 2.05) is 31.3 Å². The summed E-state index contributed by atoms with van der Waals surface area (Å²) >= 11 is 0. The van der Waals surface area contributed by atoms with Crippen LogP contribution < -0.4 is 25.7 Å². The van der Waals surface area contributed by atoms with Gasteiger partial charge in [0.05, 0.1) is 25.6 Å². The lowest BCUT2D eigenvalue weighted by molar-refractivity contribution is 0.355. The second kappa shape index (κ2) is 7.88. The zero-order valence-corrected chi connectivity index (χ0v) is 15.1.